The minimum Gasteiger partial charge on any atom is -0.497 e. The van der Waals surface area contributed by atoms with Crippen LogP contribution in [0.1, 0.15) is 23.3 Å². The second-order valence-corrected chi connectivity index (χ2v) is 9.39. The summed E-state index contributed by atoms with van der Waals surface area (Å²) in [7, 11) is 1.65. The van der Waals surface area contributed by atoms with Crippen LogP contribution >= 0.6 is 23.1 Å². The standard InChI is InChI=1S/C26H23N3O2S2/c1-17-23(25(30)29-19-9-4-3-5-10-19)24(22-12-7-13-32-22)21(15-27)26(28-17)33-16-18-8-6-11-20(14-18)31-2/h3-14,24,28H,16H2,1-2H3,(H,29,30). The van der Waals surface area contributed by atoms with Gasteiger partial charge in [-0.1, -0.05) is 36.4 Å². The molecule has 2 aromatic carbocycles. The Morgan fingerprint density at radius 3 is 2.70 bits per heavy atom. The first-order valence-electron chi connectivity index (χ1n) is 10.4. The highest BCUT2D eigenvalue weighted by Gasteiger charge is 2.35. The van der Waals surface area contributed by atoms with Crippen LogP contribution in [0.15, 0.2) is 94.0 Å². The third-order valence-electron chi connectivity index (χ3n) is 5.27. The molecule has 0 fully saturated rings. The van der Waals surface area contributed by atoms with Crippen molar-refractivity contribution in [1.29, 1.82) is 5.26 Å². The van der Waals surface area contributed by atoms with E-state index in [-0.39, 0.29) is 5.91 Å². The zero-order valence-corrected chi connectivity index (χ0v) is 19.9. The van der Waals surface area contributed by atoms with Crippen molar-refractivity contribution >= 4 is 34.7 Å². The van der Waals surface area contributed by atoms with E-state index in [9.17, 15) is 10.1 Å². The number of ether oxygens (including phenoxy) is 1. The van der Waals surface area contributed by atoms with E-state index in [0.717, 1.165) is 26.9 Å². The molecule has 5 nitrogen and oxygen atoms in total. The SMILES string of the molecule is COc1cccc(CSC2=C(C#N)C(c3cccs3)C(C(=O)Nc3ccccc3)=C(C)N2)c1. The molecule has 4 rings (SSSR count). The summed E-state index contributed by atoms with van der Waals surface area (Å²) in [5.74, 6) is 0.828. The van der Waals surface area contributed by atoms with Crippen molar-refractivity contribution in [1.82, 2.24) is 5.32 Å². The Morgan fingerprint density at radius 2 is 2.00 bits per heavy atom. The molecule has 1 aromatic heterocycles. The van der Waals surface area contributed by atoms with Gasteiger partial charge in [-0.2, -0.15) is 5.26 Å². The molecule has 166 valence electrons. The number of methoxy groups -OCH3 is 1. The quantitative estimate of drug-likeness (QED) is 0.439. The van der Waals surface area contributed by atoms with Crippen LogP contribution in [0.5, 0.6) is 5.75 Å². The molecule has 2 N–H and O–H groups in total. The third-order valence-corrected chi connectivity index (χ3v) is 7.29. The summed E-state index contributed by atoms with van der Waals surface area (Å²) in [5.41, 5.74) is 3.66. The fourth-order valence-electron chi connectivity index (χ4n) is 3.71. The number of nitrogens with zero attached hydrogens (tertiary/aromatic N) is 1. The van der Waals surface area contributed by atoms with Crippen LogP contribution in [-0.4, -0.2) is 13.0 Å². The molecule has 0 saturated carbocycles. The van der Waals surface area contributed by atoms with Crippen molar-refractivity contribution in [3.8, 4) is 11.8 Å². The first kappa shape index (κ1) is 22.7. The second-order valence-electron chi connectivity index (χ2n) is 7.43. The smallest absolute Gasteiger partial charge is 0.254 e. The minimum atomic E-state index is -0.423. The fourth-order valence-corrected chi connectivity index (χ4v) is 5.58. The van der Waals surface area contributed by atoms with Crippen LogP contribution in [0.2, 0.25) is 0 Å². The number of amides is 1. The zero-order valence-electron chi connectivity index (χ0n) is 18.3. The predicted molar refractivity (Wildman–Crippen MR) is 135 cm³/mol. The molecular weight excluding hydrogens is 450 g/mol. The number of thioether (sulfide) groups is 1. The lowest BCUT2D eigenvalue weighted by molar-refractivity contribution is -0.113. The highest BCUT2D eigenvalue weighted by atomic mass is 32.2. The summed E-state index contributed by atoms with van der Waals surface area (Å²) < 4.78 is 5.32. The molecule has 1 unspecified atom stereocenters. The first-order valence-corrected chi connectivity index (χ1v) is 12.2. The summed E-state index contributed by atoms with van der Waals surface area (Å²) in [6.45, 7) is 1.89. The van der Waals surface area contributed by atoms with Crippen molar-refractivity contribution in [2.45, 2.75) is 18.6 Å². The van der Waals surface area contributed by atoms with Gasteiger partial charge in [0.25, 0.3) is 5.91 Å². The van der Waals surface area contributed by atoms with Gasteiger partial charge in [0.1, 0.15) is 5.75 Å². The summed E-state index contributed by atoms with van der Waals surface area (Å²) in [5, 5.41) is 19.2. The average Bonchev–Trinajstić information content (AvgIpc) is 3.37. The number of nitrogens with one attached hydrogen (secondary N) is 2. The summed E-state index contributed by atoms with van der Waals surface area (Å²) in [6.07, 6.45) is 0. The van der Waals surface area contributed by atoms with Gasteiger partial charge < -0.3 is 15.4 Å². The maximum atomic E-state index is 13.3. The Balaban J connectivity index is 1.66. The van der Waals surface area contributed by atoms with Crippen LogP contribution in [0.3, 0.4) is 0 Å². The summed E-state index contributed by atoms with van der Waals surface area (Å²) in [4.78, 5) is 14.3. The third kappa shape index (κ3) is 5.14. The van der Waals surface area contributed by atoms with E-state index in [1.165, 1.54) is 0 Å². The maximum absolute atomic E-state index is 13.3. The minimum absolute atomic E-state index is 0.214. The van der Waals surface area contributed by atoms with Crippen LogP contribution in [0.4, 0.5) is 5.69 Å². The van der Waals surface area contributed by atoms with E-state index in [0.29, 0.717) is 22.6 Å². The highest BCUT2D eigenvalue weighted by molar-refractivity contribution is 8.02. The topological polar surface area (TPSA) is 74.1 Å². The first-order chi connectivity index (χ1) is 16.1. The van der Waals surface area contributed by atoms with Crippen molar-refractivity contribution in [2.75, 3.05) is 12.4 Å². The Hall–Kier alpha value is -3.47. The molecule has 1 amide bonds. The van der Waals surface area contributed by atoms with Gasteiger partial charge in [-0.05, 0) is 48.2 Å². The summed E-state index contributed by atoms with van der Waals surface area (Å²) >= 11 is 3.10. The molecule has 1 aliphatic rings. The summed E-state index contributed by atoms with van der Waals surface area (Å²) in [6, 6.07) is 23.5. The van der Waals surface area contributed by atoms with E-state index in [4.69, 9.17) is 4.74 Å². The van der Waals surface area contributed by atoms with Gasteiger partial charge in [-0.25, -0.2) is 0 Å². The average molecular weight is 474 g/mol. The number of rotatable bonds is 7. The van der Waals surface area contributed by atoms with Crippen LogP contribution in [0, 0.1) is 11.3 Å². The zero-order chi connectivity index (χ0) is 23.2. The number of allylic oxidation sites excluding steroid dienone is 2. The largest absolute Gasteiger partial charge is 0.497 e. The Morgan fingerprint density at radius 1 is 1.18 bits per heavy atom. The molecule has 0 spiro atoms. The fraction of sp³-hybridized carbons (Fsp3) is 0.154. The molecule has 7 heteroatoms. The van der Waals surface area contributed by atoms with E-state index >= 15 is 0 Å². The van der Waals surface area contributed by atoms with E-state index in [1.807, 2.05) is 79.0 Å². The Bertz CT molecular complexity index is 1240. The Kier molecular flexibility index (Phi) is 7.18. The lowest BCUT2D eigenvalue weighted by Gasteiger charge is -2.29. The van der Waals surface area contributed by atoms with Crippen LogP contribution in [-0.2, 0) is 10.5 Å². The molecule has 33 heavy (non-hydrogen) atoms. The molecule has 1 aliphatic heterocycles. The molecule has 0 saturated heterocycles. The molecule has 2 heterocycles. The number of benzene rings is 2. The number of anilines is 1. The Labute approximate surface area is 201 Å². The highest BCUT2D eigenvalue weighted by Crippen LogP contribution is 2.43. The number of carbonyl (C=O) groups excluding carboxylic acids is 1. The van der Waals surface area contributed by atoms with Gasteiger partial charge in [0.2, 0.25) is 0 Å². The van der Waals surface area contributed by atoms with Crippen molar-refractivity contribution in [3.63, 3.8) is 0 Å². The molecule has 0 radical (unpaired) electrons. The van der Waals surface area contributed by atoms with Gasteiger partial charge in [0, 0.05) is 27.6 Å². The number of para-hydroxylation sites is 1. The molecule has 0 aliphatic carbocycles. The van der Waals surface area contributed by atoms with Crippen molar-refractivity contribution in [3.05, 3.63) is 104 Å². The van der Waals surface area contributed by atoms with Crippen LogP contribution in [0.25, 0.3) is 0 Å². The lowest BCUT2D eigenvalue weighted by Crippen LogP contribution is -2.30. The van der Waals surface area contributed by atoms with Gasteiger partial charge in [-0.3, -0.25) is 4.79 Å². The lowest BCUT2D eigenvalue weighted by atomic mass is 9.86. The van der Waals surface area contributed by atoms with Gasteiger partial charge >= 0.3 is 0 Å². The van der Waals surface area contributed by atoms with Gasteiger partial charge in [0.15, 0.2) is 0 Å². The molecule has 3 aromatic rings. The second kappa shape index (κ2) is 10.4. The monoisotopic (exact) mass is 473 g/mol. The normalized spacial score (nSPS) is 15.6. The number of dihydropyridines is 1. The van der Waals surface area contributed by atoms with Crippen molar-refractivity contribution in [2.24, 2.45) is 0 Å². The number of hydrogen-bond donors (Lipinski definition) is 2. The molecule has 1 atom stereocenters. The predicted octanol–water partition coefficient (Wildman–Crippen LogP) is 6.02. The van der Waals surface area contributed by atoms with Crippen LogP contribution < -0.4 is 15.4 Å². The van der Waals surface area contributed by atoms with E-state index < -0.39 is 5.92 Å². The molecule has 0 bridgehead atoms. The number of thiophene rings is 1. The van der Waals surface area contributed by atoms with E-state index in [1.54, 1.807) is 30.2 Å². The number of hydrogen-bond acceptors (Lipinski definition) is 6. The number of carbonyl (C=O) groups is 1. The van der Waals surface area contributed by atoms with E-state index in [2.05, 4.69) is 16.7 Å². The molecular formula is C26H23N3O2S2. The van der Waals surface area contributed by atoms with Gasteiger partial charge in [0.05, 0.1) is 29.7 Å². The van der Waals surface area contributed by atoms with Crippen molar-refractivity contribution < 1.29 is 9.53 Å². The number of nitriles is 1. The van der Waals surface area contributed by atoms with Gasteiger partial charge in [-0.15, -0.1) is 23.1 Å². The maximum Gasteiger partial charge on any atom is 0.254 e.